The SMILES string of the molecule is O=C(O)/C=C/c1ccc2ncsc2c1. The number of benzene rings is 1. The molecule has 1 heterocycles. The van der Waals surface area contributed by atoms with Gasteiger partial charge >= 0.3 is 5.97 Å². The first-order chi connectivity index (χ1) is 6.75. The van der Waals surface area contributed by atoms with E-state index in [9.17, 15) is 4.79 Å². The van der Waals surface area contributed by atoms with E-state index in [1.165, 1.54) is 0 Å². The van der Waals surface area contributed by atoms with E-state index in [0.717, 1.165) is 21.9 Å². The summed E-state index contributed by atoms with van der Waals surface area (Å²) in [6.45, 7) is 0. The first-order valence-corrected chi connectivity index (χ1v) is 4.88. The molecule has 4 heteroatoms. The van der Waals surface area contributed by atoms with Gasteiger partial charge in [0.05, 0.1) is 15.7 Å². The lowest BCUT2D eigenvalue weighted by molar-refractivity contribution is -0.131. The molecule has 1 aromatic heterocycles. The molecule has 0 saturated carbocycles. The fraction of sp³-hybridized carbons (Fsp3) is 0. The topological polar surface area (TPSA) is 50.2 Å². The molecule has 2 rings (SSSR count). The molecule has 0 aliphatic heterocycles. The van der Waals surface area contributed by atoms with Crippen molar-refractivity contribution in [1.29, 1.82) is 0 Å². The van der Waals surface area contributed by atoms with Crippen molar-refractivity contribution in [2.24, 2.45) is 0 Å². The van der Waals surface area contributed by atoms with Gasteiger partial charge in [0.2, 0.25) is 0 Å². The monoisotopic (exact) mass is 205 g/mol. The molecule has 0 fully saturated rings. The molecule has 0 bridgehead atoms. The van der Waals surface area contributed by atoms with Crippen LogP contribution in [0.4, 0.5) is 0 Å². The fourth-order valence-corrected chi connectivity index (χ4v) is 1.87. The number of nitrogens with zero attached hydrogens (tertiary/aromatic N) is 1. The summed E-state index contributed by atoms with van der Waals surface area (Å²) in [6.07, 6.45) is 2.70. The molecular formula is C10H7NO2S. The lowest BCUT2D eigenvalue weighted by Gasteiger charge is -1.91. The van der Waals surface area contributed by atoms with Gasteiger partial charge in [0.25, 0.3) is 0 Å². The third-order valence-corrected chi connectivity index (χ3v) is 2.57. The van der Waals surface area contributed by atoms with Crippen molar-refractivity contribution < 1.29 is 9.90 Å². The van der Waals surface area contributed by atoms with Crippen LogP contribution in [0.3, 0.4) is 0 Å². The van der Waals surface area contributed by atoms with Crippen molar-refractivity contribution in [2.45, 2.75) is 0 Å². The van der Waals surface area contributed by atoms with E-state index in [1.807, 2.05) is 18.2 Å². The smallest absolute Gasteiger partial charge is 0.328 e. The predicted octanol–water partition coefficient (Wildman–Crippen LogP) is 2.39. The van der Waals surface area contributed by atoms with Crippen LogP contribution in [0.5, 0.6) is 0 Å². The summed E-state index contributed by atoms with van der Waals surface area (Å²) in [5, 5.41) is 8.45. The minimum Gasteiger partial charge on any atom is -0.478 e. The molecule has 70 valence electrons. The first-order valence-electron chi connectivity index (χ1n) is 4.00. The number of fused-ring (bicyclic) bond motifs is 1. The highest BCUT2D eigenvalue weighted by molar-refractivity contribution is 7.16. The summed E-state index contributed by atoms with van der Waals surface area (Å²) in [4.78, 5) is 14.4. The van der Waals surface area contributed by atoms with E-state index >= 15 is 0 Å². The highest BCUT2D eigenvalue weighted by Gasteiger charge is 1.96. The zero-order valence-corrected chi connectivity index (χ0v) is 7.99. The Morgan fingerprint density at radius 1 is 1.50 bits per heavy atom. The van der Waals surface area contributed by atoms with E-state index in [1.54, 1.807) is 22.9 Å². The zero-order chi connectivity index (χ0) is 9.97. The summed E-state index contributed by atoms with van der Waals surface area (Å²) in [6, 6.07) is 5.65. The van der Waals surface area contributed by atoms with E-state index < -0.39 is 5.97 Å². The molecule has 0 radical (unpaired) electrons. The molecule has 2 aromatic rings. The Kier molecular flexibility index (Phi) is 2.28. The molecule has 3 nitrogen and oxygen atoms in total. The highest BCUT2D eigenvalue weighted by Crippen LogP contribution is 2.19. The van der Waals surface area contributed by atoms with Crippen LogP contribution in [0.2, 0.25) is 0 Å². The predicted molar refractivity (Wildman–Crippen MR) is 56.3 cm³/mol. The standard InChI is InChI=1S/C10H7NO2S/c12-10(13)4-2-7-1-3-8-9(5-7)14-6-11-8/h1-6H,(H,12,13)/b4-2+. The van der Waals surface area contributed by atoms with Gasteiger partial charge in [-0.2, -0.15) is 0 Å². The summed E-state index contributed by atoms with van der Waals surface area (Å²) in [5.41, 5.74) is 3.60. The van der Waals surface area contributed by atoms with Gasteiger partial charge in [-0.15, -0.1) is 11.3 Å². The molecule has 0 aliphatic rings. The Labute approximate surface area is 84.3 Å². The molecule has 0 spiro atoms. The van der Waals surface area contributed by atoms with Gasteiger partial charge in [-0.3, -0.25) is 0 Å². The normalized spacial score (nSPS) is 11.1. The average molecular weight is 205 g/mol. The number of thiazole rings is 1. The summed E-state index contributed by atoms with van der Waals surface area (Å²) in [5.74, 6) is -0.936. The number of carboxylic acids is 1. The summed E-state index contributed by atoms with van der Waals surface area (Å²) < 4.78 is 1.07. The van der Waals surface area contributed by atoms with Gasteiger partial charge in [0, 0.05) is 6.08 Å². The van der Waals surface area contributed by atoms with Gasteiger partial charge in [-0.1, -0.05) is 6.07 Å². The maximum atomic E-state index is 10.3. The van der Waals surface area contributed by atoms with Crippen molar-refractivity contribution >= 4 is 33.6 Å². The van der Waals surface area contributed by atoms with Crippen molar-refractivity contribution in [2.75, 3.05) is 0 Å². The third kappa shape index (κ3) is 1.80. The van der Waals surface area contributed by atoms with Crippen LogP contribution in [-0.2, 0) is 4.79 Å². The second kappa shape index (κ2) is 3.59. The van der Waals surface area contributed by atoms with E-state index in [0.29, 0.717) is 0 Å². The van der Waals surface area contributed by atoms with Gasteiger partial charge in [-0.25, -0.2) is 9.78 Å². The van der Waals surface area contributed by atoms with Gasteiger partial charge < -0.3 is 5.11 Å². The second-order valence-corrected chi connectivity index (χ2v) is 3.64. The number of rotatable bonds is 2. The van der Waals surface area contributed by atoms with Crippen molar-refractivity contribution in [3.05, 3.63) is 35.3 Å². The second-order valence-electron chi connectivity index (χ2n) is 2.75. The van der Waals surface area contributed by atoms with Crippen LogP contribution in [-0.4, -0.2) is 16.1 Å². The van der Waals surface area contributed by atoms with Crippen LogP contribution in [0.1, 0.15) is 5.56 Å². The minimum atomic E-state index is -0.936. The molecule has 0 aliphatic carbocycles. The molecule has 14 heavy (non-hydrogen) atoms. The first kappa shape index (κ1) is 8.90. The molecule has 0 atom stereocenters. The molecular weight excluding hydrogens is 198 g/mol. The van der Waals surface area contributed by atoms with Crippen LogP contribution in [0.25, 0.3) is 16.3 Å². The van der Waals surface area contributed by atoms with Crippen LogP contribution in [0, 0.1) is 0 Å². The Hall–Kier alpha value is -1.68. The minimum absolute atomic E-state index is 0.879. The van der Waals surface area contributed by atoms with Crippen LogP contribution >= 0.6 is 11.3 Å². The average Bonchev–Trinajstić information content (AvgIpc) is 2.61. The fourth-order valence-electron chi connectivity index (χ4n) is 1.14. The quantitative estimate of drug-likeness (QED) is 0.766. The Bertz CT molecular complexity index is 502. The maximum Gasteiger partial charge on any atom is 0.328 e. The Morgan fingerprint density at radius 3 is 3.14 bits per heavy atom. The molecule has 0 unspecified atom stereocenters. The molecule has 1 N–H and O–H groups in total. The lowest BCUT2D eigenvalue weighted by Crippen LogP contribution is -1.85. The summed E-state index contributed by atoms with van der Waals surface area (Å²) in [7, 11) is 0. The molecule has 0 saturated heterocycles. The Balaban J connectivity index is 2.39. The number of carboxylic acid groups (broad SMARTS) is 1. The number of aromatic nitrogens is 1. The number of aliphatic carboxylic acids is 1. The van der Waals surface area contributed by atoms with Crippen LogP contribution < -0.4 is 0 Å². The van der Waals surface area contributed by atoms with Crippen LogP contribution in [0.15, 0.2) is 29.8 Å². The number of hydrogen-bond acceptors (Lipinski definition) is 3. The molecule has 0 amide bonds. The molecule has 1 aromatic carbocycles. The highest BCUT2D eigenvalue weighted by atomic mass is 32.1. The Morgan fingerprint density at radius 2 is 2.36 bits per heavy atom. The summed E-state index contributed by atoms with van der Waals surface area (Å²) >= 11 is 1.54. The number of hydrogen-bond donors (Lipinski definition) is 1. The maximum absolute atomic E-state index is 10.3. The van der Waals surface area contributed by atoms with Gasteiger partial charge in [0.15, 0.2) is 0 Å². The van der Waals surface area contributed by atoms with E-state index in [-0.39, 0.29) is 0 Å². The zero-order valence-electron chi connectivity index (χ0n) is 7.18. The van der Waals surface area contributed by atoms with E-state index in [2.05, 4.69) is 4.98 Å². The lowest BCUT2D eigenvalue weighted by atomic mass is 10.2. The van der Waals surface area contributed by atoms with Gasteiger partial charge in [-0.05, 0) is 23.8 Å². The number of carbonyl (C=O) groups is 1. The van der Waals surface area contributed by atoms with Crippen molar-refractivity contribution in [3.8, 4) is 0 Å². The van der Waals surface area contributed by atoms with Crippen molar-refractivity contribution in [3.63, 3.8) is 0 Å². The van der Waals surface area contributed by atoms with E-state index in [4.69, 9.17) is 5.11 Å². The third-order valence-electron chi connectivity index (χ3n) is 1.77. The van der Waals surface area contributed by atoms with Gasteiger partial charge in [0.1, 0.15) is 0 Å². The van der Waals surface area contributed by atoms with Crippen molar-refractivity contribution in [1.82, 2.24) is 4.98 Å². The largest absolute Gasteiger partial charge is 0.478 e.